The van der Waals surface area contributed by atoms with Crippen molar-refractivity contribution in [2.75, 3.05) is 62.6 Å². The Labute approximate surface area is 350 Å². The predicted molar refractivity (Wildman–Crippen MR) is 221 cm³/mol. The van der Waals surface area contributed by atoms with Crippen molar-refractivity contribution in [3.63, 3.8) is 0 Å². The van der Waals surface area contributed by atoms with Crippen LogP contribution in [0, 0.1) is 17.8 Å². The van der Waals surface area contributed by atoms with E-state index in [2.05, 4.69) is 52.4 Å². The molecule has 61 heavy (non-hydrogen) atoms. The molecular weight excluding hydrogens is 785 g/mol. The number of hydrogen-bond donors (Lipinski definition) is 2. The minimum Gasteiger partial charge on any atom is -0.374 e. The smallest absolute Gasteiger partial charge is 0.284 e. The Balaban J connectivity index is 0.712. The van der Waals surface area contributed by atoms with E-state index in [1.54, 1.807) is 29.5 Å². The van der Waals surface area contributed by atoms with Crippen LogP contribution in [0.3, 0.4) is 0 Å². The van der Waals surface area contributed by atoms with Crippen LogP contribution in [0.5, 0.6) is 0 Å². The lowest BCUT2D eigenvalue weighted by molar-refractivity contribution is -0.134. The number of fused-ring (bicyclic) bond motifs is 4. The number of halogens is 2. The molecule has 8 heterocycles. The third kappa shape index (κ3) is 7.95. The molecule has 1 aliphatic carbocycles. The summed E-state index contributed by atoms with van der Waals surface area (Å²) in [5, 5.41) is 15.6. The number of carbonyl (C=O) groups excluding carboxylic acids is 3. The van der Waals surface area contributed by atoms with Gasteiger partial charge < -0.3 is 19.9 Å². The number of alkyl halides is 2. The summed E-state index contributed by atoms with van der Waals surface area (Å²) in [6, 6.07) is 8.00. The van der Waals surface area contributed by atoms with Gasteiger partial charge in [-0.25, -0.2) is 18.3 Å². The summed E-state index contributed by atoms with van der Waals surface area (Å²) >= 11 is 0. The first-order valence-electron chi connectivity index (χ1n) is 21.3. The normalized spacial score (nSPS) is 24.7. The van der Waals surface area contributed by atoms with E-state index in [9.17, 15) is 23.2 Å². The molecule has 4 aromatic heterocycles. The highest BCUT2D eigenvalue weighted by Gasteiger charge is 2.40. The van der Waals surface area contributed by atoms with Crippen LogP contribution in [0.2, 0.25) is 0 Å². The molecule has 0 spiro atoms. The van der Waals surface area contributed by atoms with E-state index >= 15 is 0 Å². The molecule has 10 rings (SSSR count). The van der Waals surface area contributed by atoms with Gasteiger partial charge in [0.25, 0.3) is 12.3 Å². The molecule has 0 radical (unpaired) electrons. The number of piperidine rings is 1. The number of piperazine rings is 1. The van der Waals surface area contributed by atoms with Crippen LogP contribution in [0.15, 0.2) is 55.2 Å². The van der Waals surface area contributed by atoms with E-state index in [4.69, 9.17) is 9.72 Å². The largest absolute Gasteiger partial charge is 0.374 e. The maximum Gasteiger partial charge on any atom is 0.284 e. The number of benzene rings is 1. The van der Waals surface area contributed by atoms with Crippen LogP contribution in [-0.4, -0.2) is 121 Å². The molecule has 4 saturated heterocycles. The topological polar surface area (TPSA) is 155 Å². The predicted octanol–water partition coefficient (Wildman–Crippen LogP) is 4.56. The molecule has 15 nitrogen and oxygen atoms in total. The first-order valence-corrected chi connectivity index (χ1v) is 21.3. The molecule has 1 unspecified atom stereocenters. The maximum atomic E-state index is 14.3. The Bertz CT molecular complexity index is 2550. The molecule has 1 saturated carbocycles. The van der Waals surface area contributed by atoms with Crippen molar-refractivity contribution in [2.24, 2.45) is 5.92 Å². The first-order chi connectivity index (χ1) is 29.7. The summed E-state index contributed by atoms with van der Waals surface area (Å²) in [6.45, 7) is 6.77. The molecule has 316 valence electrons. The van der Waals surface area contributed by atoms with Crippen molar-refractivity contribution in [1.82, 2.24) is 44.5 Å². The number of nitrogens with one attached hydrogen (secondary N) is 2. The van der Waals surface area contributed by atoms with Crippen LogP contribution in [0.25, 0.3) is 16.4 Å². The summed E-state index contributed by atoms with van der Waals surface area (Å²) in [7, 11) is 0. The van der Waals surface area contributed by atoms with Crippen molar-refractivity contribution in [3.8, 4) is 11.8 Å². The highest BCUT2D eigenvalue weighted by molar-refractivity contribution is 6.08. The summed E-state index contributed by atoms with van der Waals surface area (Å²) in [6.07, 6.45) is 10.9. The maximum absolute atomic E-state index is 14.3. The molecule has 1 aromatic carbocycles. The van der Waals surface area contributed by atoms with E-state index in [0.29, 0.717) is 37.6 Å². The molecule has 5 aliphatic rings. The van der Waals surface area contributed by atoms with Gasteiger partial charge in [0.15, 0.2) is 11.3 Å². The van der Waals surface area contributed by atoms with E-state index in [1.165, 1.54) is 10.7 Å². The quantitative estimate of drug-likeness (QED) is 0.159. The lowest BCUT2D eigenvalue weighted by Crippen LogP contribution is -2.48. The van der Waals surface area contributed by atoms with Crippen LogP contribution < -0.4 is 15.5 Å². The molecule has 17 heteroatoms. The second-order valence-electron chi connectivity index (χ2n) is 17.0. The Kier molecular flexibility index (Phi) is 10.7. The first kappa shape index (κ1) is 39.3. The van der Waals surface area contributed by atoms with Crippen LogP contribution in [-0.2, 0) is 14.3 Å². The van der Waals surface area contributed by atoms with Crippen molar-refractivity contribution in [3.05, 3.63) is 77.6 Å². The standard InChI is InChI=1S/C44H47F2N11O4/c45-41(46)40-37(49-44(60)36-22-48-56-14-12-38(50-42(36)56)55-24-31-19-30(55)26-61-31)25-57(52-40)29-8-6-27(7-9-29)23-54-17-15-53(16-18-54)13-2-4-28-3-1-5-32-34(28)20-47-21-35(32)33-10-11-39(58)51-43(33)59/h1,3,5,12,14,20-22,25,27,29-31,33,41H,6-11,13,15-19,23-24,26H2,(H,49,60)(H,51,58,59)/t27-,29+,30-,31-,33?/m1/s1. The number of rotatable bonds is 9. The summed E-state index contributed by atoms with van der Waals surface area (Å²) in [4.78, 5) is 54.1. The molecule has 3 atom stereocenters. The number of amides is 3. The summed E-state index contributed by atoms with van der Waals surface area (Å²) < 4.78 is 37.4. The number of hydrogen-bond acceptors (Lipinski definition) is 11. The number of imide groups is 1. The van der Waals surface area contributed by atoms with Gasteiger partial charge in [-0.15, -0.1) is 0 Å². The lowest BCUT2D eigenvalue weighted by atomic mass is 9.85. The average molecular weight is 832 g/mol. The number of nitrogens with zero attached hydrogens (tertiary/aromatic N) is 9. The molecule has 5 fully saturated rings. The Hall–Kier alpha value is -5.83. The summed E-state index contributed by atoms with van der Waals surface area (Å²) in [5.41, 5.74) is 1.81. The number of anilines is 2. The molecule has 3 amide bonds. The number of ether oxygens (including phenoxy) is 1. The zero-order valence-electron chi connectivity index (χ0n) is 33.7. The van der Waals surface area contributed by atoms with Crippen LogP contribution in [0.4, 0.5) is 20.3 Å². The van der Waals surface area contributed by atoms with Crippen molar-refractivity contribution >= 4 is 45.6 Å². The number of carbonyl (C=O) groups is 3. The fourth-order valence-electron chi connectivity index (χ4n) is 9.83. The SMILES string of the molecule is O=C1CCC(c2cncc3c(C#CCN4CCN(C[C@H]5CC[C@@H](n6cc(NC(=O)c7cnn8ccc(N9C[C@H]%10C[C@@H]9CO%10)nc78)c(C(F)F)n6)CC5)CC4)cccc23)C(=O)N1. The lowest BCUT2D eigenvalue weighted by Gasteiger charge is -2.37. The van der Waals surface area contributed by atoms with Gasteiger partial charge in [0.2, 0.25) is 11.8 Å². The van der Waals surface area contributed by atoms with E-state index in [-0.39, 0.29) is 41.3 Å². The minimum absolute atomic E-state index is 0.00207. The van der Waals surface area contributed by atoms with Gasteiger partial charge >= 0.3 is 0 Å². The fourth-order valence-corrected chi connectivity index (χ4v) is 9.83. The van der Waals surface area contributed by atoms with Gasteiger partial charge in [0.05, 0.1) is 49.1 Å². The molecule has 2 N–H and O–H groups in total. The monoisotopic (exact) mass is 831 g/mol. The number of pyridine rings is 1. The molecule has 5 aromatic rings. The van der Waals surface area contributed by atoms with E-state index in [0.717, 1.165) is 99.1 Å². The van der Waals surface area contributed by atoms with Gasteiger partial charge in [0.1, 0.15) is 11.4 Å². The Morgan fingerprint density at radius 1 is 0.984 bits per heavy atom. The van der Waals surface area contributed by atoms with E-state index in [1.807, 2.05) is 24.3 Å². The number of aromatic nitrogens is 6. The van der Waals surface area contributed by atoms with Gasteiger partial charge in [0, 0.05) is 81.4 Å². The van der Waals surface area contributed by atoms with Crippen LogP contribution >= 0.6 is 0 Å². The second kappa shape index (κ2) is 16.6. The fraction of sp³-hybridized carbons (Fsp3) is 0.477. The Morgan fingerprint density at radius 2 is 1.82 bits per heavy atom. The number of morpholine rings is 1. The third-order valence-electron chi connectivity index (χ3n) is 13.2. The zero-order chi connectivity index (χ0) is 41.6. The minimum atomic E-state index is -2.85. The highest BCUT2D eigenvalue weighted by atomic mass is 19.3. The van der Waals surface area contributed by atoms with Gasteiger partial charge in [-0.05, 0) is 67.5 Å². The third-order valence-corrected chi connectivity index (χ3v) is 13.2. The van der Waals surface area contributed by atoms with Gasteiger partial charge in [-0.1, -0.05) is 24.0 Å². The second-order valence-corrected chi connectivity index (χ2v) is 17.0. The zero-order valence-corrected chi connectivity index (χ0v) is 33.7. The van der Waals surface area contributed by atoms with Gasteiger partial charge in [-0.2, -0.15) is 10.2 Å². The molecular formula is C44H47F2N11O4. The van der Waals surface area contributed by atoms with Crippen LogP contribution in [0.1, 0.15) is 90.5 Å². The molecule has 4 aliphatic heterocycles. The Morgan fingerprint density at radius 3 is 2.59 bits per heavy atom. The van der Waals surface area contributed by atoms with Gasteiger partial charge in [-0.3, -0.25) is 34.3 Å². The van der Waals surface area contributed by atoms with Crippen molar-refractivity contribution < 1.29 is 27.9 Å². The molecule has 2 bridgehead atoms. The van der Waals surface area contributed by atoms with Crippen molar-refractivity contribution in [1.29, 1.82) is 0 Å². The van der Waals surface area contributed by atoms with Crippen molar-refractivity contribution in [2.45, 2.75) is 75.5 Å². The average Bonchev–Trinajstić information content (AvgIpc) is 4.09. The van der Waals surface area contributed by atoms with E-state index < -0.39 is 23.9 Å². The highest BCUT2D eigenvalue weighted by Crippen LogP contribution is 2.37. The summed E-state index contributed by atoms with van der Waals surface area (Å²) in [5.74, 6) is 6.46.